The first-order valence-corrected chi connectivity index (χ1v) is 12.0. The lowest BCUT2D eigenvalue weighted by molar-refractivity contribution is -0.142. The van der Waals surface area contributed by atoms with Gasteiger partial charge in [0.15, 0.2) is 0 Å². The number of hydrogen-bond donors (Lipinski definition) is 6. The number of nitrogens with two attached hydrogens (primary N) is 1. The molecule has 11 heteroatoms. The molecule has 0 saturated carbocycles. The molecule has 0 spiro atoms. The second-order valence-electron chi connectivity index (χ2n) is 7.95. The average molecular weight is 483 g/mol. The monoisotopic (exact) mass is 482 g/mol. The fourth-order valence-corrected chi connectivity index (χ4v) is 3.44. The van der Waals surface area contributed by atoms with E-state index in [4.69, 9.17) is 10.8 Å². The van der Waals surface area contributed by atoms with E-state index in [2.05, 4.69) is 16.0 Å². The maximum atomic E-state index is 13.1. The molecule has 1 aromatic rings. The number of carbonyl (C=O) groups is 4. The largest absolute Gasteiger partial charge is 0.480 e. The first-order valence-electron chi connectivity index (χ1n) is 10.6. The predicted molar refractivity (Wildman–Crippen MR) is 126 cm³/mol. The summed E-state index contributed by atoms with van der Waals surface area (Å²) in [5.74, 6) is -2.91. The fourth-order valence-electron chi connectivity index (χ4n) is 2.96. The molecule has 7 N–H and O–H groups in total. The molecule has 0 heterocycles. The van der Waals surface area contributed by atoms with Crippen molar-refractivity contribution in [1.82, 2.24) is 16.0 Å². The summed E-state index contributed by atoms with van der Waals surface area (Å²) in [5, 5.41) is 26.2. The zero-order valence-corrected chi connectivity index (χ0v) is 19.9. The Morgan fingerprint density at radius 1 is 0.970 bits per heavy atom. The number of aliphatic hydroxyl groups excluding tert-OH is 1. The van der Waals surface area contributed by atoms with Crippen LogP contribution in [0, 0.1) is 5.92 Å². The van der Waals surface area contributed by atoms with Crippen molar-refractivity contribution in [1.29, 1.82) is 0 Å². The minimum Gasteiger partial charge on any atom is -0.480 e. The zero-order valence-electron chi connectivity index (χ0n) is 19.1. The van der Waals surface area contributed by atoms with E-state index in [1.165, 1.54) is 11.8 Å². The third-order valence-electron chi connectivity index (χ3n) is 4.92. The van der Waals surface area contributed by atoms with Gasteiger partial charge in [0.2, 0.25) is 17.7 Å². The highest BCUT2D eigenvalue weighted by Gasteiger charge is 2.31. The molecule has 184 valence electrons. The van der Waals surface area contributed by atoms with Crippen LogP contribution in [0.5, 0.6) is 0 Å². The van der Waals surface area contributed by atoms with Crippen LogP contribution in [-0.2, 0) is 25.6 Å². The van der Waals surface area contributed by atoms with Crippen LogP contribution in [0.3, 0.4) is 0 Å². The SMILES string of the molecule is CSCCC(NC(=O)C(NC(=O)C(Cc1ccccc1)NC(=O)C(N)CO)C(C)C)C(=O)O. The highest BCUT2D eigenvalue weighted by atomic mass is 32.2. The molecule has 1 aromatic carbocycles. The van der Waals surface area contributed by atoms with E-state index >= 15 is 0 Å². The third kappa shape index (κ3) is 9.80. The molecule has 0 aromatic heterocycles. The van der Waals surface area contributed by atoms with Crippen molar-refractivity contribution in [3.05, 3.63) is 35.9 Å². The topological polar surface area (TPSA) is 171 Å². The molecule has 4 atom stereocenters. The highest BCUT2D eigenvalue weighted by Crippen LogP contribution is 2.08. The second-order valence-corrected chi connectivity index (χ2v) is 8.94. The van der Waals surface area contributed by atoms with Crippen LogP contribution in [0.25, 0.3) is 0 Å². The van der Waals surface area contributed by atoms with Gasteiger partial charge in [-0.1, -0.05) is 44.2 Å². The summed E-state index contributed by atoms with van der Waals surface area (Å²) in [4.78, 5) is 49.6. The van der Waals surface area contributed by atoms with Crippen LogP contribution >= 0.6 is 11.8 Å². The van der Waals surface area contributed by atoms with Crippen molar-refractivity contribution < 1.29 is 29.4 Å². The lowest BCUT2D eigenvalue weighted by Crippen LogP contribution is -2.59. The number of rotatable bonds is 14. The molecule has 3 amide bonds. The maximum Gasteiger partial charge on any atom is 0.326 e. The Labute approximate surface area is 198 Å². The molecule has 0 fully saturated rings. The Morgan fingerprint density at radius 2 is 1.58 bits per heavy atom. The molecular formula is C22H34N4O6S. The lowest BCUT2D eigenvalue weighted by Gasteiger charge is -2.27. The van der Waals surface area contributed by atoms with E-state index in [0.29, 0.717) is 5.75 Å². The van der Waals surface area contributed by atoms with Crippen molar-refractivity contribution in [2.75, 3.05) is 18.6 Å². The molecule has 10 nitrogen and oxygen atoms in total. The average Bonchev–Trinajstić information content (AvgIpc) is 2.78. The van der Waals surface area contributed by atoms with Crippen molar-refractivity contribution in [2.24, 2.45) is 11.7 Å². The van der Waals surface area contributed by atoms with E-state index in [0.717, 1.165) is 5.56 Å². The zero-order chi connectivity index (χ0) is 25.0. The van der Waals surface area contributed by atoms with Gasteiger partial charge >= 0.3 is 5.97 Å². The van der Waals surface area contributed by atoms with E-state index in [1.807, 2.05) is 12.3 Å². The predicted octanol–water partition coefficient (Wildman–Crippen LogP) is -0.503. The number of carboxylic acid groups (broad SMARTS) is 1. The van der Waals surface area contributed by atoms with Crippen LogP contribution in [0.4, 0.5) is 0 Å². The van der Waals surface area contributed by atoms with Crippen LogP contribution < -0.4 is 21.7 Å². The molecule has 0 aliphatic carbocycles. The summed E-state index contributed by atoms with van der Waals surface area (Å²) in [6.07, 6.45) is 2.21. The molecular weight excluding hydrogens is 448 g/mol. The number of carbonyl (C=O) groups excluding carboxylic acids is 3. The van der Waals surface area contributed by atoms with Crippen molar-refractivity contribution in [2.45, 2.75) is 50.9 Å². The van der Waals surface area contributed by atoms with E-state index < -0.39 is 54.5 Å². The van der Waals surface area contributed by atoms with Crippen molar-refractivity contribution in [3.63, 3.8) is 0 Å². The van der Waals surface area contributed by atoms with Gasteiger partial charge < -0.3 is 31.9 Å². The quantitative estimate of drug-likeness (QED) is 0.206. The minimum atomic E-state index is -1.20. The summed E-state index contributed by atoms with van der Waals surface area (Å²) in [6.45, 7) is 2.85. The molecule has 0 aliphatic rings. The first-order chi connectivity index (χ1) is 15.6. The Bertz CT molecular complexity index is 792. The molecule has 1 rings (SSSR count). The van der Waals surface area contributed by atoms with Crippen LogP contribution in [-0.4, -0.2) is 76.7 Å². The van der Waals surface area contributed by atoms with Gasteiger partial charge in [0.25, 0.3) is 0 Å². The van der Waals surface area contributed by atoms with Gasteiger partial charge in [-0.3, -0.25) is 14.4 Å². The smallest absolute Gasteiger partial charge is 0.326 e. The Balaban J connectivity index is 3.01. The van der Waals surface area contributed by atoms with Gasteiger partial charge in [-0.15, -0.1) is 0 Å². The molecule has 4 unspecified atom stereocenters. The Morgan fingerprint density at radius 3 is 2.09 bits per heavy atom. The maximum absolute atomic E-state index is 13.1. The molecule has 0 saturated heterocycles. The summed E-state index contributed by atoms with van der Waals surface area (Å²) in [5.41, 5.74) is 6.33. The molecule has 33 heavy (non-hydrogen) atoms. The summed E-state index contributed by atoms with van der Waals surface area (Å²) in [6, 6.07) is 4.61. The van der Waals surface area contributed by atoms with Gasteiger partial charge in [0.05, 0.1) is 6.61 Å². The number of aliphatic carboxylic acids is 1. The van der Waals surface area contributed by atoms with Crippen molar-refractivity contribution in [3.8, 4) is 0 Å². The van der Waals surface area contributed by atoms with Gasteiger partial charge in [-0.2, -0.15) is 11.8 Å². The lowest BCUT2D eigenvalue weighted by atomic mass is 10.00. The van der Waals surface area contributed by atoms with Crippen LogP contribution in [0.1, 0.15) is 25.8 Å². The molecule has 0 bridgehead atoms. The van der Waals surface area contributed by atoms with Crippen LogP contribution in [0.2, 0.25) is 0 Å². The number of carboxylic acids is 1. The standard InChI is InChI=1S/C22H34N4O6S/c1-13(2)18(21(30)24-16(22(31)32)9-10-33-3)26-20(29)17(25-19(28)15(23)12-27)11-14-7-5-4-6-8-14/h4-8,13,15-18,27H,9-12,23H2,1-3H3,(H,24,30)(H,25,28)(H,26,29)(H,31,32). The summed E-state index contributed by atoms with van der Waals surface area (Å²) >= 11 is 1.46. The number of hydrogen-bond acceptors (Lipinski definition) is 7. The molecule has 0 aliphatic heterocycles. The fraction of sp³-hybridized carbons (Fsp3) is 0.545. The summed E-state index contributed by atoms with van der Waals surface area (Å²) in [7, 11) is 0. The van der Waals surface area contributed by atoms with Crippen LogP contribution in [0.15, 0.2) is 30.3 Å². The van der Waals surface area contributed by atoms with Gasteiger partial charge in [-0.05, 0) is 29.9 Å². The number of amides is 3. The van der Waals surface area contributed by atoms with E-state index in [1.54, 1.807) is 38.1 Å². The Hall–Kier alpha value is -2.63. The number of nitrogens with one attached hydrogen (secondary N) is 3. The third-order valence-corrected chi connectivity index (χ3v) is 5.57. The first kappa shape index (κ1) is 28.4. The number of aliphatic hydroxyl groups is 1. The second kappa shape index (κ2) is 14.5. The van der Waals surface area contributed by atoms with E-state index in [-0.39, 0.29) is 18.8 Å². The van der Waals surface area contributed by atoms with Gasteiger partial charge in [0.1, 0.15) is 24.2 Å². The number of thioether (sulfide) groups is 1. The molecule has 0 radical (unpaired) electrons. The van der Waals surface area contributed by atoms with E-state index in [9.17, 15) is 24.3 Å². The Kier molecular flexibility index (Phi) is 12.5. The minimum absolute atomic E-state index is 0.133. The normalized spacial score (nSPS) is 14.6. The number of benzene rings is 1. The van der Waals surface area contributed by atoms with Crippen molar-refractivity contribution >= 4 is 35.5 Å². The van der Waals surface area contributed by atoms with Gasteiger partial charge in [0, 0.05) is 6.42 Å². The van der Waals surface area contributed by atoms with Gasteiger partial charge in [-0.25, -0.2) is 4.79 Å². The summed E-state index contributed by atoms with van der Waals surface area (Å²) < 4.78 is 0. The highest BCUT2D eigenvalue weighted by molar-refractivity contribution is 7.98.